The quantitative estimate of drug-likeness (QED) is 0.725. The predicted octanol–water partition coefficient (Wildman–Crippen LogP) is 2.96. The van der Waals surface area contributed by atoms with Crippen molar-refractivity contribution < 1.29 is 19.1 Å². The lowest BCUT2D eigenvalue weighted by Gasteiger charge is -2.29. The molecule has 2 heterocycles. The van der Waals surface area contributed by atoms with Crippen LogP contribution in [0.1, 0.15) is 45.1 Å². The largest absolute Gasteiger partial charge is 0.454 e. The van der Waals surface area contributed by atoms with Crippen LogP contribution in [0, 0.1) is 0 Å². The van der Waals surface area contributed by atoms with E-state index < -0.39 is 12.0 Å². The predicted molar refractivity (Wildman–Crippen MR) is 105 cm³/mol. The van der Waals surface area contributed by atoms with Gasteiger partial charge in [0.15, 0.2) is 6.61 Å². The van der Waals surface area contributed by atoms with Crippen molar-refractivity contribution in [3.05, 3.63) is 29.8 Å². The number of anilines is 1. The number of hydrogen-bond acceptors (Lipinski definition) is 5. The maximum Gasteiger partial charge on any atom is 0.330 e. The topological polar surface area (TPSA) is 75.7 Å². The number of aryl methyl sites for hydroxylation is 1. The van der Waals surface area contributed by atoms with Gasteiger partial charge in [-0.2, -0.15) is 0 Å². The van der Waals surface area contributed by atoms with Gasteiger partial charge in [0, 0.05) is 17.9 Å². The van der Waals surface area contributed by atoms with Crippen LogP contribution in [0.5, 0.6) is 0 Å². The molecule has 2 aliphatic heterocycles. The van der Waals surface area contributed by atoms with Gasteiger partial charge in [-0.15, -0.1) is 11.8 Å². The summed E-state index contributed by atoms with van der Waals surface area (Å²) in [7, 11) is 0. The maximum atomic E-state index is 12.4. The number of esters is 1. The van der Waals surface area contributed by atoms with Gasteiger partial charge >= 0.3 is 5.97 Å². The standard InChI is InChI=1S/C20H26N2O4S/c1-3-4-5-14-6-8-15(9-7-14)21-17(23)12-26-19(25)16-13-27-20(2)11-10-18(24)22(16)20/h6-9,16H,3-5,10-13H2,1-2H3,(H,21,23)/t16-,20+/m0/s1. The van der Waals surface area contributed by atoms with Crippen LogP contribution >= 0.6 is 11.8 Å². The van der Waals surface area contributed by atoms with Crippen molar-refractivity contribution in [2.24, 2.45) is 0 Å². The van der Waals surface area contributed by atoms with Gasteiger partial charge in [0.1, 0.15) is 6.04 Å². The molecular formula is C20H26N2O4S. The molecule has 2 saturated heterocycles. The van der Waals surface area contributed by atoms with Crippen molar-refractivity contribution in [1.29, 1.82) is 0 Å². The third-order valence-corrected chi connectivity index (χ3v) is 6.62. The van der Waals surface area contributed by atoms with E-state index in [-0.39, 0.29) is 23.3 Å². The zero-order valence-corrected chi connectivity index (χ0v) is 16.6. The summed E-state index contributed by atoms with van der Waals surface area (Å²) in [6.07, 6.45) is 4.51. The normalized spacial score (nSPS) is 24.0. The number of carbonyl (C=O) groups excluding carboxylic acids is 3. The van der Waals surface area contributed by atoms with Gasteiger partial charge in [0.05, 0.1) is 4.87 Å². The van der Waals surface area contributed by atoms with Crippen molar-refractivity contribution >= 4 is 35.2 Å². The summed E-state index contributed by atoms with van der Waals surface area (Å²) in [5, 5.41) is 2.73. The SMILES string of the molecule is CCCCc1ccc(NC(=O)COC(=O)[C@@H]2CS[C@]3(C)CCC(=O)N23)cc1. The molecule has 2 fully saturated rings. The maximum absolute atomic E-state index is 12.4. The van der Waals surface area contributed by atoms with Crippen molar-refractivity contribution in [3.63, 3.8) is 0 Å². The Morgan fingerprint density at radius 1 is 1.33 bits per heavy atom. The van der Waals surface area contributed by atoms with Gasteiger partial charge in [0.25, 0.3) is 5.91 Å². The fourth-order valence-corrected chi connectivity index (χ4v) is 4.98. The number of hydrogen-bond donors (Lipinski definition) is 1. The lowest BCUT2D eigenvalue weighted by molar-refractivity contribution is -0.155. The van der Waals surface area contributed by atoms with E-state index in [0.717, 1.165) is 25.7 Å². The second kappa shape index (κ2) is 8.33. The molecule has 2 aliphatic rings. The van der Waals surface area contributed by atoms with E-state index >= 15 is 0 Å². The summed E-state index contributed by atoms with van der Waals surface area (Å²) < 4.78 is 5.18. The number of nitrogens with zero attached hydrogens (tertiary/aromatic N) is 1. The molecule has 7 heteroatoms. The summed E-state index contributed by atoms with van der Waals surface area (Å²) in [5.41, 5.74) is 1.91. The second-order valence-electron chi connectivity index (χ2n) is 7.22. The van der Waals surface area contributed by atoms with E-state index in [4.69, 9.17) is 4.74 Å². The Bertz CT molecular complexity index is 721. The first-order valence-corrected chi connectivity index (χ1v) is 10.4. The number of amides is 2. The molecule has 1 N–H and O–H groups in total. The van der Waals surface area contributed by atoms with E-state index in [1.54, 1.807) is 16.7 Å². The van der Waals surface area contributed by atoms with Gasteiger partial charge in [0.2, 0.25) is 5.91 Å². The monoisotopic (exact) mass is 390 g/mol. The van der Waals surface area contributed by atoms with Crippen LogP contribution in [0.3, 0.4) is 0 Å². The molecule has 146 valence electrons. The summed E-state index contributed by atoms with van der Waals surface area (Å²) in [5.74, 6) is -0.392. The van der Waals surface area contributed by atoms with Gasteiger partial charge < -0.3 is 15.0 Å². The highest BCUT2D eigenvalue weighted by Crippen LogP contribution is 2.47. The molecule has 0 bridgehead atoms. The minimum absolute atomic E-state index is 0.0166. The molecular weight excluding hydrogens is 364 g/mol. The minimum atomic E-state index is -0.597. The van der Waals surface area contributed by atoms with E-state index in [9.17, 15) is 14.4 Å². The van der Waals surface area contributed by atoms with Gasteiger partial charge in [-0.05, 0) is 43.9 Å². The fraction of sp³-hybridized carbons (Fsp3) is 0.550. The number of nitrogens with one attached hydrogen (secondary N) is 1. The summed E-state index contributed by atoms with van der Waals surface area (Å²) in [6.45, 7) is 3.78. The molecule has 0 spiro atoms. The molecule has 6 nitrogen and oxygen atoms in total. The molecule has 0 radical (unpaired) electrons. The minimum Gasteiger partial charge on any atom is -0.454 e. The Balaban J connectivity index is 1.48. The van der Waals surface area contributed by atoms with Crippen LogP contribution in [0.15, 0.2) is 24.3 Å². The van der Waals surface area contributed by atoms with Crippen LogP contribution in [-0.2, 0) is 25.5 Å². The Morgan fingerprint density at radius 3 is 2.78 bits per heavy atom. The van der Waals surface area contributed by atoms with Crippen molar-refractivity contribution in [2.75, 3.05) is 17.7 Å². The zero-order chi connectivity index (χ0) is 19.4. The Morgan fingerprint density at radius 2 is 2.07 bits per heavy atom. The van der Waals surface area contributed by atoms with Crippen LogP contribution in [0.25, 0.3) is 0 Å². The first-order chi connectivity index (χ1) is 12.9. The third-order valence-electron chi connectivity index (χ3n) is 5.12. The lowest BCUT2D eigenvalue weighted by Crippen LogP contribution is -2.47. The lowest BCUT2D eigenvalue weighted by atomic mass is 10.1. The molecule has 2 atom stereocenters. The molecule has 0 unspecified atom stereocenters. The van der Waals surface area contributed by atoms with Gasteiger partial charge in [-0.3, -0.25) is 9.59 Å². The molecule has 2 amide bonds. The van der Waals surface area contributed by atoms with Gasteiger partial charge in [-0.25, -0.2) is 4.79 Å². The average Bonchev–Trinajstić information content (AvgIpc) is 3.15. The van der Waals surface area contributed by atoms with Crippen molar-refractivity contribution in [2.45, 2.75) is 56.9 Å². The third kappa shape index (κ3) is 4.46. The first-order valence-electron chi connectivity index (χ1n) is 9.44. The van der Waals surface area contributed by atoms with E-state index in [1.807, 2.05) is 31.2 Å². The smallest absolute Gasteiger partial charge is 0.330 e. The van der Waals surface area contributed by atoms with E-state index in [1.165, 1.54) is 5.56 Å². The van der Waals surface area contributed by atoms with Crippen molar-refractivity contribution in [3.8, 4) is 0 Å². The number of unbranched alkanes of at least 4 members (excludes halogenated alkanes) is 1. The zero-order valence-electron chi connectivity index (χ0n) is 15.8. The Hall–Kier alpha value is -2.02. The van der Waals surface area contributed by atoms with Crippen molar-refractivity contribution in [1.82, 2.24) is 4.90 Å². The number of carbonyl (C=O) groups is 3. The molecule has 3 rings (SSSR count). The molecule has 0 saturated carbocycles. The van der Waals surface area contributed by atoms with E-state index in [2.05, 4.69) is 12.2 Å². The highest BCUT2D eigenvalue weighted by molar-refractivity contribution is 8.01. The summed E-state index contributed by atoms with van der Waals surface area (Å²) >= 11 is 1.60. The summed E-state index contributed by atoms with van der Waals surface area (Å²) in [6, 6.07) is 7.10. The highest BCUT2D eigenvalue weighted by atomic mass is 32.2. The number of ether oxygens (including phenoxy) is 1. The number of fused-ring (bicyclic) bond motifs is 1. The molecule has 1 aromatic rings. The molecule has 1 aromatic carbocycles. The van der Waals surface area contributed by atoms with Gasteiger partial charge in [-0.1, -0.05) is 25.5 Å². The highest BCUT2D eigenvalue weighted by Gasteiger charge is 2.53. The van der Waals surface area contributed by atoms with Crippen LogP contribution < -0.4 is 5.32 Å². The van der Waals surface area contributed by atoms with Crippen LogP contribution in [0.2, 0.25) is 0 Å². The number of rotatable bonds is 7. The Kier molecular flexibility index (Phi) is 6.09. The first kappa shape index (κ1) is 19.7. The Labute approximate surface area is 164 Å². The number of benzene rings is 1. The number of thioether (sulfide) groups is 1. The van der Waals surface area contributed by atoms with E-state index in [0.29, 0.717) is 17.9 Å². The molecule has 0 aromatic heterocycles. The molecule has 27 heavy (non-hydrogen) atoms. The summed E-state index contributed by atoms with van der Waals surface area (Å²) in [4.78, 5) is 37.8. The molecule has 0 aliphatic carbocycles. The fourth-order valence-electron chi connectivity index (χ4n) is 3.56. The second-order valence-corrected chi connectivity index (χ2v) is 8.72. The van der Waals surface area contributed by atoms with Crippen LogP contribution in [0.4, 0.5) is 5.69 Å². The average molecular weight is 391 g/mol. The van der Waals surface area contributed by atoms with Crippen LogP contribution in [-0.4, -0.2) is 46.0 Å².